The average Bonchev–Trinajstić information content (AvgIpc) is 2.84. The van der Waals surface area contributed by atoms with Gasteiger partial charge in [-0.3, -0.25) is 4.79 Å². The highest BCUT2D eigenvalue weighted by molar-refractivity contribution is 5.68. The summed E-state index contributed by atoms with van der Waals surface area (Å²) in [4.78, 5) is 11.3. The minimum Gasteiger partial charge on any atom is -0.481 e. The molecule has 1 aliphatic heterocycles. The van der Waals surface area contributed by atoms with Crippen molar-refractivity contribution in [2.24, 2.45) is 16.7 Å². The van der Waals surface area contributed by atoms with E-state index in [0.29, 0.717) is 12.8 Å². The van der Waals surface area contributed by atoms with Crippen molar-refractivity contribution >= 4 is 5.97 Å². The molecular formula is C20H32O5. The van der Waals surface area contributed by atoms with E-state index >= 15 is 0 Å². The van der Waals surface area contributed by atoms with E-state index in [9.17, 15) is 20.1 Å². The highest BCUT2D eigenvalue weighted by atomic mass is 16.5. The van der Waals surface area contributed by atoms with Crippen LogP contribution in [0.15, 0.2) is 11.6 Å². The molecule has 2 aliphatic carbocycles. The van der Waals surface area contributed by atoms with Crippen LogP contribution in [0.3, 0.4) is 0 Å². The van der Waals surface area contributed by atoms with Gasteiger partial charge in [0, 0.05) is 5.41 Å². The van der Waals surface area contributed by atoms with Crippen molar-refractivity contribution in [3.63, 3.8) is 0 Å². The molecule has 1 saturated heterocycles. The molecule has 0 bridgehead atoms. The molecule has 25 heavy (non-hydrogen) atoms. The first kappa shape index (κ1) is 18.9. The van der Waals surface area contributed by atoms with Gasteiger partial charge in [0.05, 0.1) is 30.3 Å². The van der Waals surface area contributed by atoms with E-state index in [2.05, 4.69) is 26.8 Å². The monoisotopic (exact) mass is 352 g/mol. The maximum atomic E-state index is 11.3. The predicted molar refractivity (Wildman–Crippen MR) is 94.1 cm³/mol. The molecule has 0 aromatic rings. The lowest BCUT2D eigenvalue weighted by atomic mass is 9.46. The summed E-state index contributed by atoms with van der Waals surface area (Å²) in [5, 5.41) is 29.9. The number of aliphatic hydroxyl groups excluding tert-OH is 2. The number of rotatable bonds is 3. The summed E-state index contributed by atoms with van der Waals surface area (Å²) in [6, 6.07) is 0. The molecule has 3 N–H and O–H groups in total. The van der Waals surface area contributed by atoms with Crippen molar-refractivity contribution in [2.75, 3.05) is 6.61 Å². The van der Waals surface area contributed by atoms with E-state index < -0.39 is 17.2 Å². The Morgan fingerprint density at radius 3 is 2.52 bits per heavy atom. The third kappa shape index (κ3) is 2.58. The number of ether oxygens (including phenoxy) is 1. The molecule has 5 atom stereocenters. The zero-order valence-electron chi connectivity index (χ0n) is 15.8. The van der Waals surface area contributed by atoms with Crippen molar-refractivity contribution in [1.29, 1.82) is 0 Å². The number of aliphatic carboxylic acids is 1. The van der Waals surface area contributed by atoms with Gasteiger partial charge in [0.1, 0.15) is 0 Å². The van der Waals surface area contributed by atoms with Crippen LogP contribution in [0, 0.1) is 16.7 Å². The Morgan fingerprint density at radius 1 is 1.24 bits per heavy atom. The molecule has 2 fully saturated rings. The first-order valence-electron chi connectivity index (χ1n) is 9.41. The van der Waals surface area contributed by atoms with Gasteiger partial charge >= 0.3 is 5.97 Å². The molecule has 3 rings (SSSR count). The molecule has 142 valence electrons. The summed E-state index contributed by atoms with van der Waals surface area (Å²) in [5.74, 6) is -0.628. The van der Waals surface area contributed by atoms with Crippen LogP contribution >= 0.6 is 0 Å². The Bertz CT molecular complexity index is 597. The number of carboxylic acid groups (broad SMARTS) is 1. The standard InChI is InChI=1S/C20H32O5/c1-17(2)14-6-5-13(12-21)20(19(14,4)8-7-15(17)22)10-9-18(3,25-20)11-16(23)24/h5,14-15,21-22H,6-12H2,1-4H3,(H,23,24). The summed E-state index contributed by atoms with van der Waals surface area (Å²) in [5.41, 5.74) is -0.921. The van der Waals surface area contributed by atoms with Gasteiger partial charge in [-0.05, 0) is 55.9 Å². The molecular weight excluding hydrogens is 320 g/mol. The zero-order chi connectivity index (χ0) is 18.7. The van der Waals surface area contributed by atoms with Gasteiger partial charge < -0.3 is 20.1 Å². The zero-order valence-corrected chi connectivity index (χ0v) is 15.8. The molecule has 0 aromatic heterocycles. The van der Waals surface area contributed by atoms with Gasteiger partial charge in [-0.25, -0.2) is 0 Å². The van der Waals surface area contributed by atoms with Gasteiger partial charge in [0.2, 0.25) is 0 Å². The quantitative estimate of drug-likeness (QED) is 0.680. The fourth-order valence-electron chi connectivity index (χ4n) is 6.10. The molecule has 3 aliphatic rings. The molecule has 1 heterocycles. The van der Waals surface area contributed by atoms with Crippen molar-refractivity contribution < 1.29 is 24.9 Å². The normalized spacial score (nSPS) is 45.9. The van der Waals surface area contributed by atoms with E-state index in [1.807, 2.05) is 6.92 Å². The number of fused-ring (bicyclic) bond motifs is 2. The fourth-order valence-corrected chi connectivity index (χ4v) is 6.10. The highest BCUT2D eigenvalue weighted by Crippen LogP contribution is 2.66. The Kier molecular flexibility index (Phi) is 4.37. The van der Waals surface area contributed by atoms with Gasteiger partial charge in [-0.1, -0.05) is 26.8 Å². The Morgan fingerprint density at radius 2 is 1.92 bits per heavy atom. The maximum absolute atomic E-state index is 11.3. The van der Waals surface area contributed by atoms with Crippen LogP contribution in [-0.4, -0.2) is 45.2 Å². The van der Waals surface area contributed by atoms with Crippen molar-refractivity contribution in [2.45, 2.75) is 83.5 Å². The number of carbonyl (C=O) groups is 1. The number of hydrogen-bond acceptors (Lipinski definition) is 4. The highest BCUT2D eigenvalue weighted by Gasteiger charge is 2.66. The molecule has 0 amide bonds. The summed E-state index contributed by atoms with van der Waals surface area (Å²) in [6.45, 7) is 8.28. The summed E-state index contributed by atoms with van der Waals surface area (Å²) in [6.07, 6.45) is 5.45. The summed E-state index contributed by atoms with van der Waals surface area (Å²) >= 11 is 0. The first-order chi connectivity index (χ1) is 11.5. The smallest absolute Gasteiger partial charge is 0.306 e. The Balaban J connectivity index is 2.06. The van der Waals surface area contributed by atoms with E-state index in [1.165, 1.54) is 0 Å². The van der Waals surface area contributed by atoms with Crippen molar-refractivity contribution in [3.8, 4) is 0 Å². The number of hydrogen-bond donors (Lipinski definition) is 3. The minimum absolute atomic E-state index is 0.0276. The van der Waals surface area contributed by atoms with Crippen LogP contribution in [0.1, 0.15) is 66.2 Å². The molecule has 1 saturated carbocycles. The van der Waals surface area contributed by atoms with Gasteiger partial charge in [-0.15, -0.1) is 0 Å². The molecule has 1 spiro atoms. The molecule has 5 heteroatoms. The lowest BCUT2D eigenvalue weighted by Gasteiger charge is -2.62. The topological polar surface area (TPSA) is 87.0 Å². The second-order valence-electron chi connectivity index (χ2n) is 9.42. The summed E-state index contributed by atoms with van der Waals surface area (Å²) < 4.78 is 6.60. The van der Waals surface area contributed by atoms with Crippen LogP contribution in [0.5, 0.6) is 0 Å². The average molecular weight is 352 g/mol. The number of carboxylic acids is 1. The third-order valence-corrected chi connectivity index (χ3v) is 7.63. The van der Waals surface area contributed by atoms with Crippen LogP contribution in [0.2, 0.25) is 0 Å². The molecule has 5 unspecified atom stereocenters. The molecule has 0 radical (unpaired) electrons. The van der Waals surface area contributed by atoms with Crippen LogP contribution < -0.4 is 0 Å². The molecule has 0 aromatic carbocycles. The Hall–Kier alpha value is -0.910. The number of aliphatic hydroxyl groups is 2. The van der Waals surface area contributed by atoms with E-state index in [-0.39, 0.29) is 35.9 Å². The van der Waals surface area contributed by atoms with Gasteiger partial charge in [0.15, 0.2) is 0 Å². The number of allylic oxidation sites excluding steroid dienone is 1. The van der Waals surface area contributed by atoms with Crippen LogP contribution in [0.25, 0.3) is 0 Å². The fraction of sp³-hybridized carbons (Fsp3) is 0.850. The lowest BCUT2D eigenvalue weighted by molar-refractivity contribution is -0.212. The van der Waals surface area contributed by atoms with Crippen molar-refractivity contribution in [3.05, 3.63) is 11.6 Å². The van der Waals surface area contributed by atoms with E-state index in [0.717, 1.165) is 24.8 Å². The summed E-state index contributed by atoms with van der Waals surface area (Å²) in [7, 11) is 0. The van der Waals surface area contributed by atoms with E-state index in [1.54, 1.807) is 0 Å². The second-order valence-corrected chi connectivity index (χ2v) is 9.42. The third-order valence-electron chi connectivity index (χ3n) is 7.63. The first-order valence-corrected chi connectivity index (χ1v) is 9.41. The minimum atomic E-state index is -0.856. The predicted octanol–water partition coefficient (Wildman–Crippen LogP) is 2.89. The van der Waals surface area contributed by atoms with Crippen molar-refractivity contribution in [1.82, 2.24) is 0 Å². The molecule has 5 nitrogen and oxygen atoms in total. The van der Waals surface area contributed by atoms with E-state index in [4.69, 9.17) is 4.74 Å². The second kappa shape index (κ2) is 5.80. The van der Waals surface area contributed by atoms with Gasteiger partial charge in [0.25, 0.3) is 0 Å². The lowest BCUT2D eigenvalue weighted by Crippen LogP contribution is -2.63. The SMILES string of the molecule is CC1(CC(=O)O)CCC2(O1)C(CO)=CCC1C(C)(C)C(O)CCC12C. The van der Waals surface area contributed by atoms with Crippen LogP contribution in [0.4, 0.5) is 0 Å². The van der Waals surface area contributed by atoms with Crippen LogP contribution in [-0.2, 0) is 9.53 Å². The maximum Gasteiger partial charge on any atom is 0.306 e. The largest absolute Gasteiger partial charge is 0.481 e. The Labute approximate surface area is 150 Å². The van der Waals surface area contributed by atoms with Gasteiger partial charge in [-0.2, -0.15) is 0 Å².